The maximum atomic E-state index is 12.0. The molecule has 1 N–H and O–H groups in total. The van der Waals surface area contributed by atoms with E-state index in [4.69, 9.17) is 5.11 Å². The van der Waals surface area contributed by atoms with Crippen molar-refractivity contribution >= 4 is 12.0 Å². The highest BCUT2D eigenvalue weighted by molar-refractivity contribution is 5.76. The molecular formula is C12H22N2O3. The standard InChI is InChI=1S/C12H22N2O3/c1-3-4-7-13(2)12(17)14-8-5-6-10(9-14)11(15)16/h10H,3-9H2,1-2H3,(H,15,16)/t10-/m1/s1. The number of carbonyl (C=O) groups is 2. The Morgan fingerprint density at radius 3 is 2.76 bits per heavy atom. The van der Waals surface area contributed by atoms with Crippen molar-refractivity contribution in [2.45, 2.75) is 32.6 Å². The van der Waals surface area contributed by atoms with E-state index in [0.29, 0.717) is 19.5 Å². The molecule has 0 radical (unpaired) electrons. The van der Waals surface area contributed by atoms with Crippen LogP contribution >= 0.6 is 0 Å². The molecule has 0 spiro atoms. The SMILES string of the molecule is CCCCN(C)C(=O)N1CCC[C@@H](C(=O)O)C1. The van der Waals surface area contributed by atoms with Crippen LogP contribution in [-0.4, -0.2) is 53.6 Å². The van der Waals surface area contributed by atoms with E-state index in [0.717, 1.165) is 25.8 Å². The van der Waals surface area contributed by atoms with E-state index >= 15 is 0 Å². The van der Waals surface area contributed by atoms with E-state index < -0.39 is 11.9 Å². The van der Waals surface area contributed by atoms with Crippen LogP contribution in [0.2, 0.25) is 0 Å². The Bertz CT molecular complexity index is 281. The molecule has 0 aliphatic carbocycles. The first-order chi connectivity index (χ1) is 8.06. The van der Waals surface area contributed by atoms with Gasteiger partial charge in [0.1, 0.15) is 0 Å². The van der Waals surface area contributed by atoms with Crippen molar-refractivity contribution in [2.75, 3.05) is 26.7 Å². The molecule has 0 aromatic heterocycles. The normalized spacial score (nSPS) is 20.1. The fourth-order valence-electron chi connectivity index (χ4n) is 2.08. The van der Waals surface area contributed by atoms with Gasteiger partial charge in [0.25, 0.3) is 0 Å². The zero-order valence-electron chi connectivity index (χ0n) is 10.7. The van der Waals surface area contributed by atoms with Crippen LogP contribution in [0.15, 0.2) is 0 Å². The average Bonchev–Trinajstić information content (AvgIpc) is 2.35. The predicted molar refractivity (Wildman–Crippen MR) is 64.9 cm³/mol. The summed E-state index contributed by atoms with van der Waals surface area (Å²) in [6.07, 6.45) is 3.50. The maximum absolute atomic E-state index is 12.0. The maximum Gasteiger partial charge on any atom is 0.319 e. The lowest BCUT2D eigenvalue weighted by Crippen LogP contribution is -2.47. The van der Waals surface area contributed by atoms with Gasteiger partial charge in [0.05, 0.1) is 5.92 Å². The summed E-state index contributed by atoms with van der Waals surface area (Å²) >= 11 is 0. The molecule has 1 rings (SSSR count). The molecule has 1 aliphatic heterocycles. The van der Waals surface area contributed by atoms with E-state index in [1.165, 1.54) is 0 Å². The van der Waals surface area contributed by atoms with Gasteiger partial charge in [-0.1, -0.05) is 13.3 Å². The summed E-state index contributed by atoms with van der Waals surface area (Å²) in [4.78, 5) is 26.3. The number of nitrogens with zero attached hydrogens (tertiary/aromatic N) is 2. The van der Waals surface area contributed by atoms with E-state index in [1.807, 2.05) is 0 Å². The van der Waals surface area contributed by atoms with Crippen molar-refractivity contribution in [3.63, 3.8) is 0 Å². The number of carboxylic acid groups (broad SMARTS) is 1. The number of urea groups is 1. The molecule has 5 heteroatoms. The van der Waals surface area contributed by atoms with Gasteiger partial charge in [-0.25, -0.2) is 4.79 Å². The third-order valence-corrected chi connectivity index (χ3v) is 3.21. The number of piperidine rings is 1. The lowest BCUT2D eigenvalue weighted by Gasteiger charge is -2.33. The molecule has 98 valence electrons. The minimum Gasteiger partial charge on any atom is -0.481 e. The number of hydrogen-bond acceptors (Lipinski definition) is 2. The molecule has 17 heavy (non-hydrogen) atoms. The van der Waals surface area contributed by atoms with E-state index in [9.17, 15) is 9.59 Å². The van der Waals surface area contributed by atoms with Crippen LogP contribution in [-0.2, 0) is 4.79 Å². The quantitative estimate of drug-likeness (QED) is 0.815. The van der Waals surface area contributed by atoms with Crippen molar-refractivity contribution < 1.29 is 14.7 Å². The van der Waals surface area contributed by atoms with Crippen molar-refractivity contribution in [2.24, 2.45) is 5.92 Å². The van der Waals surface area contributed by atoms with Crippen molar-refractivity contribution in [1.82, 2.24) is 9.80 Å². The van der Waals surface area contributed by atoms with Gasteiger partial charge in [-0.05, 0) is 19.3 Å². The van der Waals surface area contributed by atoms with Crippen LogP contribution in [0.25, 0.3) is 0 Å². The molecule has 0 unspecified atom stereocenters. The second kappa shape index (κ2) is 6.47. The van der Waals surface area contributed by atoms with Crippen LogP contribution < -0.4 is 0 Å². The first-order valence-electron chi connectivity index (χ1n) is 6.29. The second-order valence-corrected chi connectivity index (χ2v) is 4.68. The fraction of sp³-hybridized carbons (Fsp3) is 0.833. The van der Waals surface area contributed by atoms with Crippen LogP contribution in [0, 0.1) is 5.92 Å². The molecule has 1 saturated heterocycles. The Kier molecular flexibility index (Phi) is 5.25. The van der Waals surface area contributed by atoms with Crippen LogP contribution in [0.5, 0.6) is 0 Å². The van der Waals surface area contributed by atoms with Gasteiger partial charge < -0.3 is 14.9 Å². The lowest BCUT2D eigenvalue weighted by atomic mass is 9.99. The molecule has 1 fully saturated rings. The van der Waals surface area contributed by atoms with E-state index in [2.05, 4.69) is 6.92 Å². The number of carboxylic acids is 1. The zero-order chi connectivity index (χ0) is 12.8. The Balaban J connectivity index is 2.48. The predicted octanol–water partition coefficient (Wildman–Crippen LogP) is 1.63. The minimum atomic E-state index is -0.793. The summed E-state index contributed by atoms with van der Waals surface area (Å²) in [5.41, 5.74) is 0. The summed E-state index contributed by atoms with van der Waals surface area (Å²) < 4.78 is 0. The number of aliphatic carboxylic acids is 1. The van der Waals surface area contributed by atoms with Gasteiger partial charge in [0.2, 0.25) is 0 Å². The Labute approximate surface area is 102 Å². The first-order valence-corrected chi connectivity index (χ1v) is 6.29. The number of likely N-dealkylation sites (tertiary alicyclic amines) is 1. The topological polar surface area (TPSA) is 60.9 Å². The van der Waals surface area contributed by atoms with E-state index in [-0.39, 0.29) is 6.03 Å². The molecule has 0 saturated carbocycles. The van der Waals surface area contributed by atoms with E-state index in [1.54, 1.807) is 16.8 Å². The summed E-state index contributed by atoms with van der Waals surface area (Å²) in [5, 5.41) is 8.97. The molecule has 1 aliphatic rings. The average molecular weight is 242 g/mol. The Morgan fingerprint density at radius 2 is 2.18 bits per heavy atom. The summed E-state index contributed by atoms with van der Waals surface area (Å²) in [6, 6.07) is -0.0376. The molecule has 0 aromatic rings. The largest absolute Gasteiger partial charge is 0.481 e. The van der Waals surface area contributed by atoms with Crippen molar-refractivity contribution in [3.05, 3.63) is 0 Å². The summed E-state index contributed by atoms with van der Waals surface area (Å²) in [7, 11) is 1.78. The van der Waals surface area contributed by atoms with Crippen molar-refractivity contribution in [1.29, 1.82) is 0 Å². The highest BCUT2D eigenvalue weighted by Crippen LogP contribution is 2.17. The number of rotatable bonds is 4. The number of unbranched alkanes of at least 4 members (excludes halogenated alkanes) is 1. The molecule has 0 bridgehead atoms. The number of hydrogen-bond donors (Lipinski definition) is 1. The van der Waals surface area contributed by atoms with Crippen LogP contribution in [0.4, 0.5) is 4.79 Å². The minimum absolute atomic E-state index is 0.0376. The zero-order valence-corrected chi connectivity index (χ0v) is 10.7. The molecule has 2 amide bonds. The van der Waals surface area contributed by atoms with Gasteiger partial charge in [0.15, 0.2) is 0 Å². The molecular weight excluding hydrogens is 220 g/mol. The Hall–Kier alpha value is -1.26. The van der Waals surface area contributed by atoms with Crippen LogP contribution in [0.1, 0.15) is 32.6 Å². The van der Waals surface area contributed by atoms with Gasteiger partial charge >= 0.3 is 12.0 Å². The molecule has 0 aromatic carbocycles. The number of amides is 2. The molecule has 1 atom stereocenters. The van der Waals surface area contributed by atoms with Gasteiger partial charge in [-0.2, -0.15) is 0 Å². The first kappa shape index (κ1) is 13.8. The lowest BCUT2D eigenvalue weighted by molar-refractivity contribution is -0.143. The molecule has 5 nitrogen and oxygen atoms in total. The summed E-state index contributed by atoms with van der Waals surface area (Å²) in [5.74, 6) is -1.19. The highest BCUT2D eigenvalue weighted by atomic mass is 16.4. The smallest absolute Gasteiger partial charge is 0.319 e. The number of carbonyl (C=O) groups excluding carboxylic acids is 1. The van der Waals surface area contributed by atoms with Gasteiger partial charge in [0, 0.05) is 26.7 Å². The second-order valence-electron chi connectivity index (χ2n) is 4.68. The van der Waals surface area contributed by atoms with Gasteiger partial charge in [-0.15, -0.1) is 0 Å². The van der Waals surface area contributed by atoms with Gasteiger partial charge in [-0.3, -0.25) is 4.79 Å². The Morgan fingerprint density at radius 1 is 1.47 bits per heavy atom. The molecule has 1 heterocycles. The van der Waals surface area contributed by atoms with Crippen molar-refractivity contribution in [3.8, 4) is 0 Å². The third kappa shape index (κ3) is 3.91. The van der Waals surface area contributed by atoms with Crippen LogP contribution in [0.3, 0.4) is 0 Å². The fourth-order valence-corrected chi connectivity index (χ4v) is 2.08. The summed E-state index contributed by atoms with van der Waals surface area (Å²) in [6.45, 7) is 3.85. The monoisotopic (exact) mass is 242 g/mol. The highest BCUT2D eigenvalue weighted by Gasteiger charge is 2.29. The third-order valence-electron chi connectivity index (χ3n) is 3.21.